The molecule has 0 aliphatic carbocycles. The molecule has 0 aliphatic rings. The molecule has 0 saturated carbocycles. The zero-order valence-electron chi connectivity index (χ0n) is 15.4. The smallest absolute Gasteiger partial charge is 0.256 e. The fourth-order valence-electron chi connectivity index (χ4n) is 2.46. The molecule has 2 aromatic rings. The Kier molecular flexibility index (Phi) is 5.75. The summed E-state index contributed by atoms with van der Waals surface area (Å²) in [5.74, 6) is 1.56. The van der Waals surface area contributed by atoms with Gasteiger partial charge in [0.25, 0.3) is 5.91 Å². The van der Waals surface area contributed by atoms with Gasteiger partial charge in [-0.1, -0.05) is 0 Å². The molecule has 0 bridgehead atoms. The summed E-state index contributed by atoms with van der Waals surface area (Å²) in [5.41, 5.74) is 3.13. The van der Waals surface area contributed by atoms with Crippen LogP contribution in [0.5, 0.6) is 23.0 Å². The van der Waals surface area contributed by atoms with Crippen molar-refractivity contribution in [2.45, 2.75) is 13.8 Å². The SMILES string of the molecule is COc1cc(C)c(C)cc1NC(=O)c1cc(OC)c(OC)c(OC)c1. The van der Waals surface area contributed by atoms with Gasteiger partial charge in [0.1, 0.15) is 5.75 Å². The Bertz CT molecular complexity index is 761. The third kappa shape index (κ3) is 3.79. The number of ether oxygens (including phenoxy) is 4. The number of amides is 1. The first-order valence-corrected chi connectivity index (χ1v) is 7.71. The number of nitrogens with one attached hydrogen (secondary N) is 1. The Labute approximate surface area is 147 Å². The highest BCUT2D eigenvalue weighted by atomic mass is 16.5. The third-order valence-electron chi connectivity index (χ3n) is 3.99. The van der Waals surface area contributed by atoms with Crippen LogP contribution in [0, 0.1) is 13.8 Å². The average Bonchev–Trinajstić information content (AvgIpc) is 2.62. The number of carbonyl (C=O) groups excluding carboxylic acids is 1. The third-order valence-corrected chi connectivity index (χ3v) is 3.99. The van der Waals surface area contributed by atoms with Crippen LogP contribution in [0.15, 0.2) is 24.3 Å². The normalized spacial score (nSPS) is 10.2. The molecule has 6 nitrogen and oxygen atoms in total. The lowest BCUT2D eigenvalue weighted by molar-refractivity contribution is 0.102. The van der Waals surface area contributed by atoms with Crippen molar-refractivity contribution in [3.05, 3.63) is 41.0 Å². The molecule has 1 amide bonds. The summed E-state index contributed by atoms with van der Waals surface area (Å²) in [5, 5.41) is 2.87. The fraction of sp³-hybridized carbons (Fsp3) is 0.316. The van der Waals surface area contributed by atoms with Crippen LogP contribution in [0.25, 0.3) is 0 Å². The van der Waals surface area contributed by atoms with E-state index in [0.29, 0.717) is 34.2 Å². The molecular formula is C19H23NO5. The molecule has 6 heteroatoms. The molecular weight excluding hydrogens is 322 g/mol. The van der Waals surface area contributed by atoms with Crippen LogP contribution in [0.2, 0.25) is 0 Å². The Hall–Kier alpha value is -2.89. The van der Waals surface area contributed by atoms with Gasteiger partial charge in [0.2, 0.25) is 5.75 Å². The number of hydrogen-bond donors (Lipinski definition) is 1. The summed E-state index contributed by atoms with van der Waals surface area (Å²) in [7, 11) is 6.09. The van der Waals surface area contributed by atoms with E-state index in [1.807, 2.05) is 26.0 Å². The molecule has 0 fully saturated rings. The predicted molar refractivity (Wildman–Crippen MR) is 96.5 cm³/mol. The minimum atomic E-state index is -0.305. The van der Waals surface area contributed by atoms with E-state index in [4.69, 9.17) is 18.9 Å². The molecule has 0 atom stereocenters. The number of benzene rings is 2. The van der Waals surface area contributed by atoms with Gasteiger partial charge >= 0.3 is 0 Å². The molecule has 2 rings (SSSR count). The Morgan fingerprint density at radius 1 is 0.760 bits per heavy atom. The molecule has 134 valence electrons. The number of aryl methyl sites for hydroxylation is 2. The zero-order chi connectivity index (χ0) is 18.6. The molecule has 1 N–H and O–H groups in total. The summed E-state index contributed by atoms with van der Waals surface area (Å²) < 4.78 is 21.2. The van der Waals surface area contributed by atoms with E-state index in [1.54, 1.807) is 19.2 Å². The highest BCUT2D eigenvalue weighted by molar-refractivity contribution is 6.06. The molecule has 0 saturated heterocycles. The summed E-state index contributed by atoms with van der Waals surface area (Å²) in [6, 6.07) is 6.97. The van der Waals surface area contributed by atoms with Gasteiger partial charge in [-0.05, 0) is 49.2 Å². The lowest BCUT2D eigenvalue weighted by atomic mass is 10.1. The van der Waals surface area contributed by atoms with Crippen LogP contribution in [0.4, 0.5) is 5.69 Å². The van der Waals surface area contributed by atoms with Gasteiger partial charge in [0, 0.05) is 5.56 Å². The second-order valence-corrected chi connectivity index (χ2v) is 5.50. The number of carbonyl (C=O) groups is 1. The van der Waals surface area contributed by atoms with E-state index in [-0.39, 0.29) is 5.91 Å². The van der Waals surface area contributed by atoms with Gasteiger partial charge in [-0.25, -0.2) is 0 Å². The van der Waals surface area contributed by atoms with Gasteiger partial charge in [-0.2, -0.15) is 0 Å². The van der Waals surface area contributed by atoms with Crippen LogP contribution in [-0.2, 0) is 0 Å². The molecule has 0 radical (unpaired) electrons. The second kappa shape index (κ2) is 7.79. The monoisotopic (exact) mass is 345 g/mol. The molecule has 2 aromatic carbocycles. The fourth-order valence-corrected chi connectivity index (χ4v) is 2.46. The van der Waals surface area contributed by atoms with Crippen molar-refractivity contribution in [2.24, 2.45) is 0 Å². The van der Waals surface area contributed by atoms with Crippen molar-refractivity contribution in [1.29, 1.82) is 0 Å². The minimum absolute atomic E-state index is 0.305. The Morgan fingerprint density at radius 2 is 1.28 bits per heavy atom. The number of hydrogen-bond acceptors (Lipinski definition) is 5. The maximum Gasteiger partial charge on any atom is 0.256 e. The quantitative estimate of drug-likeness (QED) is 0.867. The van der Waals surface area contributed by atoms with Crippen molar-refractivity contribution < 1.29 is 23.7 Å². The zero-order valence-corrected chi connectivity index (χ0v) is 15.4. The van der Waals surface area contributed by atoms with Crippen LogP contribution >= 0.6 is 0 Å². The Morgan fingerprint density at radius 3 is 1.76 bits per heavy atom. The van der Waals surface area contributed by atoms with Gasteiger partial charge < -0.3 is 24.3 Å². The predicted octanol–water partition coefficient (Wildman–Crippen LogP) is 3.59. The number of anilines is 1. The lowest BCUT2D eigenvalue weighted by Gasteiger charge is -2.15. The summed E-state index contributed by atoms with van der Waals surface area (Å²) in [6.45, 7) is 3.96. The van der Waals surface area contributed by atoms with Crippen LogP contribution in [-0.4, -0.2) is 34.3 Å². The van der Waals surface area contributed by atoms with Crippen molar-refractivity contribution >= 4 is 11.6 Å². The number of rotatable bonds is 6. The topological polar surface area (TPSA) is 66.0 Å². The molecule has 0 spiro atoms. The van der Waals surface area contributed by atoms with Crippen LogP contribution in [0.1, 0.15) is 21.5 Å². The first-order valence-electron chi connectivity index (χ1n) is 7.71. The average molecular weight is 345 g/mol. The maximum absolute atomic E-state index is 12.7. The highest BCUT2D eigenvalue weighted by Gasteiger charge is 2.18. The van der Waals surface area contributed by atoms with Crippen molar-refractivity contribution in [1.82, 2.24) is 0 Å². The van der Waals surface area contributed by atoms with E-state index in [9.17, 15) is 4.79 Å². The highest BCUT2D eigenvalue weighted by Crippen LogP contribution is 2.38. The molecule has 25 heavy (non-hydrogen) atoms. The maximum atomic E-state index is 12.7. The summed E-state index contributed by atoms with van der Waals surface area (Å²) in [4.78, 5) is 12.7. The molecule has 0 unspecified atom stereocenters. The van der Waals surface area contributed by atoms with Crippen molar-refractivity contribution in [3.63, 3.8) is 0 Å². The summed E-state index contributed by atoms with van der Waals surface area (Å²) in [6.07, 6.45) is 0. The van der Waals surface area contributed by atoms with E-state index < -0.39 is 0 Å². The minimum Gasteiger partial charge on any atom is -0.495 e. The Balaban J connectivity index is 2.40. The van der Waals surface area contributed by atoms with E-state index >= 15 is 0 Å². The van der Waals surface area contributed by atoms with Gasteiger partial charge in [-0.3, -0.25) is 4.79 Å². The van der Waals surface area contributed by atoms with E-state index in [2.05, 4.69) is 5.32 Å². The first kappa shape index (κ1) is 18.4. The molecule has 0 heterocycles. The van der Waals surface area contributed by atoms with Gasteiger partial charge in [0.05, 0.1) is 34.1 Å². The first-order chi connectivity index (χ1) is 11.9. The molecule has 0 aromatic heterocycles. The lowest BCUT2D eigenvalue weighted by Crippen LogP contribution is -2.13. The van der Waals surface area contributed by atoms with Crippen LogP contribution < -0.4 is 24.3 Å². The van der Waals surface area contributed by atoms with Crippen molar-refractivity contribution in [3.8, 4) is 23.0 Å². The largest absolute Gasteiger partial charge is 0.495 e. The number of methoxy groups -OCH3 is 4. The van der Waals surface area contributed by atoms with Gasteiger partial charge in [0.15, 0.2) is 11.5 Å². The van der Waals surface area contributed by atoms with Crippen LogP contribution in [0.3, 0.4) is 0 Å². The van der Waals surface area contributed by atoms with E-state index in [0.717, 1.165) is 11.1 Å². The van der Waals surface area contributed by atoms with E-state index in [1.165, 1.54) is 21.3 Å². The summed E-state index contributed by atoms with van der Waals surface area (Å²) >= 11 is 0. The standard InChI is InChI=1S/C19H23NO5/c1-11-7-14(15(22-3)8-12(11)2)20-19(21)13-9-16(23-4)18(25-6)17(10-13)24-5/h7-10H,1-6H3,(H,20,21). The van der Waals surface area contributed by atoms with Crippen molar-refractivity contribution in [2.75, 3.05) is 33.8 Å². The second-order valence-electron chi connectivity index (χ2n) is 5.50. The van der Waals surface area contributed by atoms with Gasteiger partial charge in [-0.15, -0.1) is 0 Å². The molecule has 0 aliphatic heterocycles.